The Balaban J connectivity index is 2.44. The molecule has 86 valence electrons. The highest BCUT2D eigenvalue weighted by Crippen LogP contribution is 2.29. The Morgan fingerprint density at radius 3 is 2.47 bits per heavy atom. The Bertz CT molecular complexity index is 532. The van der Waals surface area contributed by atoms with Crippen molar-refractivity contribution in [3.63, 3.8) is 0 Å². The van der Waals surface area contributed by atoms with Crippen LogP contribution in [0.4, 0.5) is 5.69 Å². The number of nitrogen functional groups attached to an aromatic ring is 1. The lowest BCUT2D eigenvalue weighted by Gasteiger charge is -2.11. The monoisotopic (exact) mass is 225 g/mol. The maximum Gasteiger partial charge on any atom is 0.119 e. The average Bonchev–Trinajstić information content (AvgIpc) is 2.39. The van der Waals surface area contributed by atoms with E-state index in [1.807, 2.05) is 48.5 Å². The summed E-state index contributed by atoms with van der Waals surface area (Å²) in [4.78, 5) is 0. The summed E-state index contributed by atoms with van der Waals surface area (Å²) in [6, 6.07) is 15.6. The summed E-state index contributed by atoms with van der Waals surface area (Å²) in [5.41, 5.74) is 9.55. The molecule has 0 unspecified atom stereocenters. The fraction of sp³-hybridized carbons (Fsp3) is 0.0667. The minimum absolute atomic E-state index is 0.708. The molecule has 0 radical (unpaired) electrons. The summed E-state index contributed by atoms with van der Waals surface area (Å²) in [6.45, 7) is 4.10. The van der Waals surface area contributed by atoms with Crippen LogP contribution in [0.2, 0.25) is 0 Å². The van der Waals surface area contributed by atoms with Crippen LogP contribution in [0.25, 0.3) is 5.57 Å². The highest BCUT2D eigenvalue weighted by Gasteiger charge is 2.07. The Kier molecular flexibility index (Phi) is 3.15. The normalized spacial score (nSPS) is 9.94. The molecule has 0 fully saturated rings. The van der Waals surface area contributed by atoms with Crippen molar-refractivity contribution < 1.29 is 4.74 Å². The molecule has 2 aromatic carbocycles. The largest absolute Gasteiger partial charge is 0.497 e. The number of nitrogens with two attached hydrogens (primary N) is 1. The first-order valence-corrected chi connectivity index (χ1v) is 5.40. The standard InChI is InChI=1S/C15H15NO/c1-11(12-6-4-3-5-7-12)14-10-13(17-2)8-9-15(14)16/h3-10H,1,16H2,2H3. The molecule has 0 spiro atoms. The van der Waals surface area contributed by atoms with Gasteiger partial charge in [-0.2, -0.15) is 0 Å². The van der Waals surface area contributed by atoms with Crippen LogP contribution in [0.5, 0.6) is 5.75 Å². The molecule has 2 heteroatoms. The van der Waals surface area contributed by atoms with Gasteiger partial charge in [0.25, 0.3) is 0 Å². The second-order valence-corrected chi connectivity index (χ2v) is 3.80. The first-order valence-electron chi connectivity index (χ1n) is 5.40. The number of hydrogen-bond donors (Lipinski definition) is 1. The predicted molar refractivity (Wildman–Crippen MR) is 72.0 cm³/mol. The second-order valence-electron chi connectivity index (χ2n) is 3.80. The fourth-order valence-electron chi connectivity index (χ4n) is 1.72. The Morgan fingerprint density at radius 2 is 1.82 bits per heavy atom. The quantitative estimate of drug-likeness (QED) is 0.813. The third kappa shape index (κ3) is 2.31. The molecule has 0 bridgehead atoms. The molecule has 2 N–H and O–H groups in total. The number of ether oxygens (including phenoxy) is 1. The second kappa shape index (κ2) is 4.74. The molecule has 0 saturated carbocycles. The van der Waals surface area contributed by atoms with Crippen molar-refractivity contribution in [3.8, 4) is 5.75 Å². The molecule has 0 aliphatic carbocycles. The van der Waals surface area contributed by atoms with E-state index >= 15 is 0 Å². The zero-order valence-corrected chi connectivity index (χ0v) is 9.81. The first-order chi connectivity index (χ1) is 8.22. The van der Waals surface area contributed by atoms with E-state index in [0.29, 0.717) is 5.69 Å². The van der Waals surface area contributed by atoms with Gasteiger partial charge in [-0.1, -0.05) is 36.9 Å². The maximum atomic E-state index is 5.97. The van der Waals surface area contributed by atoms with Crippen LogP contribution in [-0.4, -0.2) is 7.11 Å². The molecule has 0 heterocycles. The maximum absolute atomic E-state index is 5.97. The number of methoxy groups -OCH3 is 1. The zero-order chi connectivity index (χ0) is 12.3. The highest BCUT2D eigenvalue weighted by atomic mass is 16.5. The van der Waals surface area contributed by atoms with Crippen molar-refractivity contribution in [2.45, 2.75) is 0 Å². The molecular weight excluding hydrogens is 210 g/mol. The lowest BCUT2D eigenvalue weighted by atomic mass is 9.98. The number of rotatable bonds is 3. The van der Waals surface area contributed by atoms with E-state index in [-0.39, 0.29) is 0 Å². The summed E-state index contributed by atoms with van der Waals surface area (Å²) in [5, 5.41) is 0. The molecule has 2 nitrogen and oxygen atoms in total. The molecule has 0 aliphatic heterocycles. The zero-order valence-electron chi connectivity index (χ0n) is 9.81. The van der Waals surface area contributed by atoms with E-state index in [4.69, 9.17) is 10.5 Å². The van der Waals surface area contributed by atoms with Crippen LogP contribution >= 0.6 is 0 Å². The van der Waals surface area contributed by atoms with Crippen molar-refractivity contribution in [2.75, 3.05) is 12.8 Å². The van der Waals surface area contributed by atoms with Gasteiger partial charge in [-0.3, -0.25) is 0 Å². The van der Waals surface area contributed by atoms with E-state index in [0.717, 1.165) is 22.4 Å². The van der Waals surface area contributed by atoms with Crippen LogP contribution in [0.1, 0.15) is 11.1 Å². The van der Waals surface area contributed by atoms with Gasteiger partial charge >= 0.3 is 0 Å². The van der Waals surface area contributed by atoms with Crippen molar-refractivity contribution in [1.29, 1.82) is 0 Å². The number of benzene rings is 2. The molecule has 17 heavy (non-hydrogen) atoms. The lowest BCUT2D eigenvalue weighted by Crippen LogP contribution is -1.95. The Labute approximate surface area is 101 Å². The van der Waals surface area contributed by atoms with E-state index in [1.165, 1.54) is 0 Å². The van der Waals surface area contributed by atoms with Gasteiger partial charge in [0.1, 0.15) is 5.75 Å². The van der Waals surface area contributed by atoms with Crippen LogP contribution in [0, 0.1) is 0 Å². The van der Waals surface area contributed by atoms with Crippen LogP contribution in [-0.2, 0) is 0 Å². The topological polar surface area (TPSA) is 35.2 Å². The molecule has 2 aromatic rings. The first kappa shape index (κ1) is 11.3. The Hall–Kier alpha value is -2.22. The van der Waals surface area contributed by atoms with E-state index in [2.05, 4.69) is 6.58 Å². The van der Waals surface area contributed by atoms with Crippen LogP contribution in [0.15, 0.2) is 55.1 Å². The summed E-state index contributed by atoms with van der Waals surface area (Å²) in [7, 11) is 1.64. The fourth-order valence-corrected chi connectivity index (χ4v) is 1.72. The predicted octanol–water partition coefficient (Wildman–Crippen LogP) is 3.34. The molecule has 0 atom stereocenters. The molecule has 0 amide bonds. The molecule has 0 aliphatic rings. The minimum atomic E-state index is 0.708. The smallest absolute Gasteiger partial charge is 0.119 e. The van der Waals surface area contributed by atoms with E-state index in [1.54, 1.807) is 7.11 Å². The van der Waals surface area contributed by atoms with Gasteiger partial charge in [0.15, 0.2) is 0 Å². The van der Waals surface area contributed by atoms with Crippen LogP contribution in [0.3, 0.4) is 0 Å². The van der Waals surface area contributed by atoms with Crippen molar-refractivity contribution in [3.05, 3.63) is 66.2 Å². The number of hydrogen-bond acceptors (Lipinski definition) is 2. The average molecular weight is 225 g/mol. The third-order valence-electron chi connectivity index (χ3n) is 2.71. The molecule has 0 saturated heterocycles. The van der Waals surface area contributed by atoms with Crippen LogP contribution < -0.4 is 10.5 Å². The van der Waals surface area contributed by atoms with E-state index in [9.17, 15) is 0 Å². The molecule has 2 rings (SSSR count). The van der Waals surface area contributed by atoms with Gasteiger partial charge in [0.2, 0.25) is 0 Å². The van der Waals surface area contributed by atoms with Gasteiger partial charge in [-0.05, 0) is 29.3 Å². The minimum Gasteiger partial charge on any atom is -0.497 e. The highest BCUT2D eigenvalue weighted by molar-refractivity contribution is 5.84. The molecule has 0 aromatic heterocycles. The summed E-state index contributed by atoms with van der Waals surface area (Å²) in [6.07, 6.45) is 0. The van der Waals surface area contributed by atoms with E-state index < -0.39 is 0 Å². The van der Waals surface area contributed by atoms with Crippen molar-refractivity contribution in [2.24, 2.45) is 0 Å². The van der Waals surface area contributed by atoms with Gasteiger partial charge in [-0.15, -0.1) is 0 Å². The van der Waals surface area contributed by atoms with Crippen molar-refractivity contribution in [1.82, 2.24) is 0 Å². The molecular formula is C15H15NO. The number of anilines is 1. The van der Waals surface area contributed by atoms with Gasteiger partial charge in [0, 0.05) is 11.3 Å². The summed E-state index contributed by atoms with van der Waals surface area (Å²) < 4.78 is 5.20. The third-order valence-corrected chi connectivity index (χ3v) is 2.71. The van der Waals surface area contributed by atoms with Gasteiger partial charge in [-0.25, -0.2) is 0 Å². The van der Waals surface area contributed by atoms with Crippen molar-refractivity contribution >= 4 is 11.3 Å². The lowest BCUT2D eigenvalue weighted by molar-refractivity contribution is 0.415. The SMILES string of the molecule is C=C(c1ccccc1)c1cc(OC)ccc1N. The van der Waals surface area contributed by atoms with Gasteiger partial charge < -0.3 is 10.5 Å². The Morgan fingerprint density at radius 1 is 1.12 bits per heavy atom. The van der Waals surface area contributed by atoms with Gasteiger partial charge in [0.05, 0.1) is 7.11 Å². The summed E-state index contributed by atoms with van der Waals surface area (Å²) in [5.74, 6) is 0.784. The summed E-state index contributed by atoms with van der Waals surface area (Å²) >= 11 is 0.